The molecule has 0 heteroatoms. The van der Waals surface area contributed by atoms with Gasteiger partial charge in [0.2, 0.25) is 0 Å². The molecule has 0 aliphatic rings. The Morgan fingerprint density at radius 2 is 0.552 bits per heavy atom. The molecule has 0 unspecified atom stereocenters. The molecule has 0 saturated heterocycles. The molecule has 29 heavy (non-hydrogen) atoms. The van der Waals surface area contributed by atoms with Crippen LogP contribution in [0.3, 0.4) is 0 Å². The van der Waals surface area contributed by atoms with E-state index in [0.29, 0.717) is 0 Å². The lowest BCUT2D eigenvalue weighted by molar-refractivity contribution is 0.550. The summed E-state index contributed by atoms with van der Waals surface area (Å²) in [6, 6.07) is 0. The van der Waals surface area contributed by atoms with Gasteiger partial charge in [0.15, 0.2) is 0 Å². The minimum atomic E-state index is 1.20. The Morgan fingerprint density at radius 3 is 0.759 bits per heavy atom. The smallest absolute Gasteiger partial charge is 0.0353 e. The van der Waals surface area contributed by atoms with Gasteiger partial charge in [0.25, 0.3) is 0 Å². The predicted molar refractivity (Wildman–Crippen MR) is 138 cm³/mol. The maximum Gasteiger partial charge on any atom is -0.0353 e. The fourth-order valence-corrected chi connectivity index (χ4v) is 3.73. The molecule has 0 spiro atoms. The standard InChI is InChI=1S/C15H30.C14H28/c1-3-5-7-9-11-13-15-14-12-10-8-6-4-2;1-3-5-7-9-11-13-14-12-10-8-6-4-2/h3H,1,4-15H2,2H3;3H,1,4-14H2,2H3. The van der Waals surface area contributed by atoms with Crippen LogP contribution < -0.4 is 0 Å². The van der Waals surface area contributed by atoms with Crippen LogP contribution in [0, 0.1) is 0 Å². The van der Waals surface area contributed by atoms with Crippen LogP contribution in [0.5, 0.6) is 0 Å². The van der Waals surface area contributed by atoms with Gasteiger partial charge in [-0.3, -0.25) is 0 Å². The number of allylic oxidation sites excluding steroid dienone is 2. The van der Waals surface area contributed by atoms with Gasteiger partial charge < -0.3 is 0 Å². The second-order valence-electron chi connectivity index (χ2n) is 8.87. The lowest BCUT2D eigenvalue weighted by Gasteiger charge is -2.01. The van der Waals surface area contributed by atoms with Gasteiger partial charge in [0.1, 0.15) is 0 Å². The predicted octanol–water partition coefficient (Wildman–Crippen LogP) is 11.4. The molecule has 174 valence electrons. The van der Waals surface area contributed by atoms with E-state index in [0.717, 1.165) is 0 Å². The SMILES string of the molecule is C=CCCCCCCCCCCCC.C=CCCCCCCCCCCCCC. The molecule has 0 fully saturated rings. The molecule has 0 bridgehead atoms. The third-order valence-corrected chi connectivity index (χ3v) is 5.77. The van der Waals surface area contributed by atoms with E-state index in [9.17, 15) is 0 Å². The van der Waals surface area contributed by atoms with Crippen molar-refractivity contribution in [2.24, 2.45) is 0 Å². The summed E-state index contributed by atoms with van der Waals surface area (Å²) in [5.74, 6) is 0. The third kappa shape index (κ3) is 35.3. The molecule has 0 nitrogen and oxygen atoms in total. The van der Waals surface area contributed by atoms with Gasteiger partial charge in [-0.2, -0.15) is 0 Å². The minimum Gasteiger partial charge on any atom is -0.103 e. The number of rotatable bonds is 23. The molecular weight excluding hydrogens is 348 g/mol. The fourth-order valence-electron chi connectivity index (χ4n) is 3.73. The van der Waals surface area contributed by atoms with Gasteiger partial charge in [-0.25, -0.2) is 0 Å². The molecule has 0 amide bonds. The van der Waals surface area contributed by atoms with Crippen LogP contribution in [0.25, 0.3) is 0 Å². The number of unbranched alkanes of at least 4 members (excludes halogenated alkanes) is 21. The molecule has 0 aromatic carbocycles. The first-order valence-electron chi connectivity index (χ1n) is 13.5. The number of hydrogen-bond donors (Lipinski definition) is 0. The number of hydrogen-bond acceptors (Lipinski definition) is 0. The van der Waals surface area contributed by atoms with Crippen LogP contribution >= 0.6 is 0 Å². The average Bonchev–Trinajstić information content (AvgIpc) is 2.74. The second-order valence-corrected chi connectivity index (χ2v) is 8.87. The zero-order valence-electron chi connectivity index (χ0n) is 20.8. The van der Waals surface area contributed by atoms with Gasteiger partial charge in [-0.15, -0.1) is 13.2 Å². The zero-order chi connectivity index (χ0) is 21.7. The molecule has 0 atom stereocenters. The lowest BCUT2D eigenvalue weighted by Crippen LogP contribution is -1.81. The minimum absolute atomic E-state index is 1.20. The topological polar surface area (TPSA) is 0 Å². The van der Waals surface area contributed by atoms with E-state index in [1.54, 1.807) is 0 Å². The molecule has 0 aliphatic carbocycles. The third-order valence-electron chi connectivity index (χ3n) is 5.77. The molecular formula is C29H58. The molecule has 0 aromatic rings. The highest BCUT2D eigenvalue weighted by atomic mass is 14.0. The van der Waals surface area contributed by atoms with E-state index in [1.807, 2.05) is 12.2 Å². The van der Waals surface area contributed by atoms with E-state index < -0.39 is 0 Å². The Balaban J connectivity index is 0. The summed E-state index contributed by atoms with van der Waals surface area (Å²) in [5, 5.41) is 0. The van der Waals surface area contributed by atoms with Gasteiger partial charge in [-0.05, 0) is 25.7 Å². The van der Waals surface area contributed by atoms with Gasteiger partial charge in [-0.1, -0.05) is 148 Å². The van der Waals surface area contributed by atoms with Crippen molar-refractivity contribution in [3.63, 3.8) is 0 Å². The van der Waals surface area contributed by atoms with E-state index in [1.165, 1.54) is 148 Å². The Kier molecular flexibility index (Phi) is 34.0. The summed E-state index contributed by atoms with van der Waals surface area (Å²) < 4.78 is 0. The Bertz CT molecular complexity index is 278. The van der Waals surface area contributed by atoms with E-state index in [4.69, 9.17) is 0 Å². The Morgan fingerprint density at radius 1 is 0.345 bits per heavy atom. The summed E-state index contributed by atoms with van der Waals surface area (Å²) in [7, 11) is 0. The molecule has 0 saturated carbocycles. The molecule has 0 radical (unpaired) electrons. The second kappa shape index (κ2) is 32.2. The van der Waals surface area contributed by atoms with Crippen LogP contribution in [-0.4, -0.2) is 0 Å². The summed E-state index contributed by atoms with van der Waals surface area (Å²) in [5.41, 5.74) is 0. The zero-order valence-corrected chi connectivity index (χ0v) is 20.8. The van der Waals surface area contributed by atoms with Crippen molar-refractivity contribution in [3.05, 3.63) is 25.3 Å². The maximum absolute atomic E-state index is 3.74. The van der Waals surface area contributed by atoms with E-state index >= 15 is 0 Å². The maximum atomic E-state index is 3.74. The van der Waals surface area contributed by atoms with Crippen molar-refractivity contribution < 1.29 is 0 Å². The molecule has 0 N–H and O–H groups in total. The average molecular weight is 407 g/mol. The lowest BCUT2D eigenvalue weighted by atomic mass is 10.1. The largest absolute Gasteiger partial charge is 0.103 e. The van der Waals surface area contributed by atoms with Crippen LogP contribution in [-0.2, 0) is 0 Å². The quantitative estimate of drug-likeness (QED) is 0.117. The van der Waals surface area contributed by atoms with Crippen LogP contribution in [0.2, 0.25) is 0 Å². The molecule has 0 aliphatic heterocycles. The first-order chi connectivity index (χ1) is 14.3. The Hall–Kier alpha value is -0.520. The summed E-state index contributed by atoms with van der Waals surface area (Å²) in [4.78, 5) is 0. The fraction of sp³-hybridized carbons (Fsp3) is 0.862. The monoisotopic (exact) mass is 406 g/mol. The van der Waals surface area contributed by atoms with Gasteiger partial charge >= 0.3 is 0 Å². The van der Waals surface area contributed by atoms with Crippen LogP contribution in [0.15, 0.2) is 25.3 Å². The van der Waals surface area contributed by atoms with Crippen molar-refractivity contribution in [1.82, 2.24) is 0 Å². The van der Waals surface area contributed by atoms with E-state index in [2.05, 4.69) is 27.0 Å². The van der Waals surface area contributed by atoms with Gasteiger partial charge in [0.05, 0.1) is 0 Å². The van der Waals surface area contributed by atoms with E-state index in [-0.39, 0.29) is 0 Å². The molecule has 0 aromatic heterocycles. The molecule has 0 heterocycles. The van der Waals surface area contributed by atoms with Crippen LogP contribution in [0.1, 0.15) is 162 Å². The highest BCUT2D eigenvalue weighted by molar-refractivity contribution is 4.65. The molecule has 0 rings (SSSR count). The Labute approximate surface area is 187 Å². The van der Waals surface area contributed by atoms with Crippen LogP contribution in [0.4, 0.5) is 0 Å². The van der Waals surface area contributed by atoms with Crippen molar-refractivity contribution in [2.75, 3.05) is 0 Å². The van der Waals surface area contributed by atoms with Crippen molar-refractivity contribution >= 4 is 0 Å². The van der Waals surface area contributed by atoms with Crippen molar-refractivity contribution in [1.29, 1.82) is 0 Å². The normalized spacial score (nSPS) is 10.4. The first-order valence-corrected chi connectivity index (χ1v) is 13.5. The summed E-state index contributed by atoms with van der Waals surface area (Å²) in [6.45, 7) is 12.0. The van der Waals surface area contributed by atoms with Crippen molar-refractivity contribution in [2.45, 2.75) is 162 Å². The summed E-state index contributed by atoms with van der Waals surface area (Å²) >= 11 is 0. The van der Waals surface area contributed by atoms with Gasteiger partial charge in [0, 0.05) is 0 Å². The highest BCUT2D eigenvalue weighted by Gasteiger charge is 1.92. The first kappa shape index (κ1) is 30.7. The van der Waals surface area contributed by atoms with Crippen molar-refractivity contribution in [3.8, 4) is 0 Å². The summed E-state index contributed by atoms with van der Waals surface area (Å²) in [6.07, 6.45) is 36.5. The highest BCUT2D eigenvalue weighted by Crippen LogP contribution is 2.12.